The van der Waals surface area contributed by atoms with E-state index < -0.39 is 17.7 Å². The molecule has 1 aromatic heterocycles. The van der Waals surface area contributed by atoms with E-state index >= 15 is 0 Å². The quantitative estimate of drug-likeness (QED) is 0.126. The molecule has 4 aromatic rings. The van der Waals surface area contributed by atoms with Crippen LogP contribution in [0.5, 0.6) is 11.5 Å². The summed E-state index contributed by atoms with van der Waals surface area (Å²) >= 11 is 1.04. The summed E-state index contributed by atoms with van der Waals surface area (Å²) in [5, 5.41) is 11.5. The Bertz CT molecular complexity index is 1610. The molecule has 0 bridgehead atoms. The van der Waals surface area contributed by atoms with Crippen LogP contribution in [-0.2, 0) is 16.2 Å². The van der Waals surface area contributed by atoms with Crippen LogP contribution in [0.15, 0.2) is 84.4 Å². The lowest BCUT2D eigenvalue weighted by molar-refractivity contribution is -0.132. The van der Waals surface area contributed by atoms with Crippen molar-refractivity contribution in [3.63, 3.8) is 0 Å². The Morgan fingerprint density at radius 2 is 1.62 bits per heavy atom. The smallest absolute Gasteiger partial charge is 0.301 e. The van der Waals surface area contributed by atoms with Crippen molar-refractivity contribution < 1.29 is 29.0 Å². The van der Waals surface area contributed by atoms with E-state index in [1.807, 2.05) is 30.3 Å². The van der Waals surface area contributed by atoms with E-state index in [0.717, 1.165) is 16.9 Å². The molecule has 1 saturated heterocycles. The summed E-state index contributed by atoms with van der Waals surface area (Å²) < 4.78 is 11.1. The standard InChI is InChI=1S/C31H26N2O6S/c1-18-29(19(2)34)40-31(32-18)33-26(21-9-15-24(16-10-21)39-17-20-7-5-4-6-8-20)25(28(36)30(33)37)27(35)22-11-13-23(38-3)14-12-22/h4-16,26,35H,17H2,1-3H3. The first-order chi connectivity index (χ1) is 19.3. The van der Waals surface area contributed by atoms with E-state index in [2.05, 4.69) is 4.98 Å². The summed E-state index contributed by atoms with van der Waals surface area (Å²) in [6, 6.07) is 22.3. The average molecular weight is 555 g/mol. The number of hydrogen-bond acceptors (Lipinski definition) is 8. The lowest BCUT2D eigenvalue weighted by Crippen LogP contribution is -2.29. The largest absolute Gasteiger partial charge is 0.507 e. The van der Waals surface area contributed by atoms with Gasteiger partial charge in [0.15, 0.2) is 10.9 Å². The number of aryl methyl sites for hydroxylation is 1. The van der Waals surface area contributed by atoms with E-state index in [-0.39, 0.29) is 22.2 Å². The fraction of sp³-hybridized carbons (Fsp3) is 0.161. The Balaban J connectivity index is 1.57. The number of amides is 1. The highest BCUT2D eigenvalue weighted by Crippen LogP contribution is 2.44. The number of aliphatic hydroxyl groups excluding tert-OH is 1. The van der Waals surface area contributed by atoms with Gasteiger partial charge in [-0.05, 0) is 54.4 Å². The Hall–Kier alpha value is -4.76. The molecule has 40 heavy (non-hydrogen) atoms. The van der Waals surface area contributed by atoms with E-state index in [4.69, 9.17) is 9.47 Å². The van der Waals surface area contributed by atoms with Crippen molar-refractivity contribution in [3.05, 3.63) is 112 Å². The van der Waals surface area contributed by atoms with E-state index in [1.165, 1.54) is 18.9 Å². The van der Waals surface area contributed by atoms with Crippen LogP contribution < -0.4 is 14.4 Å². The molecule has 5 rings (SSSR count). The van der Waals surface area contributed by atoms with Crippen LogP contribution in [0.1, 0.15) is 45.0 Å². The SMILES string of the molecule is COc1ccc(C(O)=C2C(=O)C(=O)N(c3nc(C)c(C(C)=O)s3)C2c2ccc(OCc3ccccc3)cc2)cc1. The number of anilines is 1. The molecule has 3 aromatic carbocycles. The van der Waals surface area contributed by atoms with Crippen LogP contribution in [-0.4, -0.2) is 34.7 Å². The van der Waals surface area contributed by atoms with Gasteiger partial charge in [0.1, 0.15) is 23.9 Å². The van der Waals surface area contributed by atoms with Crippen LogP contribution in [0, 0.1) is 6.92 Å². The van der Waals surface area contributed by atoms with Crippen molar-refractivity contribution in [1.29, 1.82) is 0 Å². The fourth-order valence-corrected chi connectivity index (χ4v) is 5.54. The number of aliphatic hydroxyl groups is 1. The maximum Gasteiger partial charge on any atom is 0.301 e. The van der Waals surface area contributed by atoms with Crippen molar-refractivity contribution >= 4 is 39.7 Å². The Kier molecular flexibility index (Phi) is 7.48. The molecule has 1 fully saturated rings. The van der Waals surface area contributed by atoms with Gasteiger partial charge in [0.2, 0.25) is 0 Å². The molecule has 202 valence electrons. The van der Waals surface area contributed by atoms with Gasteiger partial charge in [-0.2, -0.15) is 0 Å². The summed E-state index contributed by atoms with van der Waals surface area (Å²) in [7, 11) is 1.53. The molecule has 0 saturated carbocycles. The van der Waals surface area contributed by atoms with Crippen LogP contribution in [0.25, 0.3) is 5.76 Å². The maximum absolute atomic E-state index is 13.4. The highest BCUT2D eigenvalue weighted by Gasteiger charge is 2.48. The number of rotatable bonds is 8. The predicted octanol–water partition coefficient (Wildman–Crippen LogP) is 5.87. The summed E-state index contributed by atoms with van der Waals surface area (Å²) in [5.41, 5.74) is 2.32. The summed E-state index contributed by atoms with van der Waals surface area (Å²) in [6.45, 7) is 3.48. The second-order valence-corrected chi connectivity index (χ2v) is 10.2. The zero-order valence-corrected chi connectivity index (χ0v) is 22.9. The molecule has 1 N–H and O–H groups in total. The number of Topliss-reactive ketones (excluding diaryl/α,β-unsaturated/α-hetero) is 2. The molecule has 0 aliphatic carbocycles. The molecule has 0 spiro atoms. The molecule has 8 nitrogen and oxygen atoms in total. The van der Waals surface area contributed by atoms with Gasteiger partial charge in [-0.1, -0.05) is 53.8 Å². The molecule has 1 unspecified atom stereocenters. The number of methoxy groups -OCH3 is 1. The minimum absolute atomic E-state index is 0.0784. The number of carbonyl (C=O) groups excluding carboxylic acids is 3. The van der Waals surface area contributed by atoms with E-state index in [0.29, 0.717) is 39.8 Å². The first-order valence-corrected chi connectivity index (χ1v) is 13.3. The zero-order valence-electron chi connectivity index (χ0n) is 22.1. The highest BCUT2D eigenvalue weighted by atomic mass is 32.1. The van der Waals surface area contributed by atoms with E-state index in [9.17, 15) is 19.5 Å². The zero-order chi connectivity index (χ0) is 28.4. The van der Waals surface area contributed by atoms with Gasteiger partial charge < -0.3 is 14.6 Å². The topological polar surface area (TPSA) is 106 Å². The van der Waals surface area contributed by atoms with Crippen LogP contribution in [0.4, 0.5) is 5.13 Å². The van der Waals surface area contributed by atoms with Crippen molar-refractivity contribution in [2.45, 2.75) is 26.5 Å². The van der Waals surface area contributed by atoms with Gasteiger partial charge in [0.25, 0.3) is 5.78 Å². The molecule has 1 amide bonds. The number of hydrogen-bond donors (Lipinski definition) is 1. The molecular weight excluding hydrogens is 528 g/mol. The predicted molar refractivity (Wildman–Crippen MR) is 152 cm³/mol. The lowest BCUT2D eigenvalue weighted by Gasteiger charge is -2.23. The minimum atomic E-state index is -0.976. The second kappa shape index (κ2) is 11.2. The number of aromatic nitrogens is 1. The van der Waals surface area contributed by atoms with Crippen molar-refractivity contribution in [2.24, 2.45) is 0 Å². The number of thiazole rings is 1. The van der Waals surface area contributed by atoms with Gasteiger partial charge in [-0.3, -0.25) is 19.3 Å². The van der Waals surface area contributed by atoms with Crippen LogP contribution in [0.3, 0.4) is 0 Å². The molecular formula is C31H26N2O6S. The maximum atomic E-state index is 13.4. The summed E-state index contributed by atoms with van der Waals surface area (Å²) in [6.07, 6.45) is 0. The molecule has 0 radical (unpaired) electrons. The lowest BCUT2D eigenvalue weighted by atomic mass is 9.95. The van der Waals surface area contributed by atoms with Crippen LogP contribution in [0.2, 0.25) is 0 Å². The number of ether oxygens (including phenoxy) is 2. The molecule has 1 aliphatic heterocycles. The van der Waals surface area contributed by atoms with Gasteiger partial charge in [-0.25, -0.2) is 4.98 Å². The van der Waals surface area contributed by atoms with Crippen molar-refractivity contribution in [3.8, 4) is 11.5 Å². The normalized spacial score (nSPS) is 16.3. The third-order valence-electron chi connectivity index (χ3n) is 6.56. The third-order valence-corrected chi connectivity index (χ3v) is 7.82. The Morgan fingerprint density at radius 3 is 2.23 bits per heavy atom. The molecule has 1 atom stereocenters. The first kappa shape index (κ1) is 26.8. The number of carbonyl (C=O) groups is 3. The minimum Gasteiger partial charge on any atom is -0.507 e. The second-order valence-electron chi connectivity index (χ2n) is 9.21. The molecule has 2 heterocycles. The number of benzene rings is 3. The number of nitrogens with zero attached hydrogens (tertiary/aromatic N) is 2. The van der Waals surface area contributed by atoms with Gasteiger partial charge in [-0.15, -0.1) is 0 Å². The molecule has 1 aliphatic rings. The number of ketones is 2. The average Bonchev–Trinajstić information content (AvgIpc) is 3.49. The fourth-order valence-electron chi connectivity index (χ4n) is 4.55. The van der Waals surface area contributed by atoms with E-state index in [1.54, 1.807) is 55.5 Å². The summed E-state index contributed by atoms with van der Waals surface area (Å²) in [5.74, 6) is -1.02. The van der Waals surface area contributed by atoms with Gasteiger partial charge >= 0.3 is 5.91 Å². The van der Waals surface area contributed by atoms with Crippen molar-refractivity contribution in [1.82, 2.24) is 4.98 Å². The van der Waals surface area contributed by atoms with Gasteiger partial charge in [0, 0.05) is 12.5 Å². The Morgan fingerprint density at radius 1 is 0.975 bits per heavy atom. The van der Waals surface area contributed by atoms with Gasteiger partial charge in [0.05, 0.1) is 29.3 Å². The highest BCUT2D eigenvalue weighted by molar-refractivity contribution is 7.18. The first-order valence-electron chi connectivity index (χ1n) is 12.5. The monoisotopic (exact) mass is 554 g/mol. The van der Waals surface area contributed by atoms with Crippen molar-refractivity contribution in [2.75, 3.05) is 12.0 Å². The third kappa shape index (κ3) is 5.11. The van der Waals surface area contributed by atoms with Crippen LogP contribution >= 0.6 is 11.3 Å². The Labute approximate surface area is 235 Å². The molecule has 9 heteroatoms. The summed E-state index contributed by atoms with van der Waals surface area (Å²) in [4.78, 5) is 45.1.